The predicted octanol–water partition coefficient (Wildman–Crippen LogP) is 23.6. The van der Waals surface area contributed by atoms with Crippen molar-refractivity contribution in [3.63, 3.8) is 0 Å². The average Bonchev–Trinajstić information content (AvgIpc) is 3.46. The average molecular weight is 1110 g/mol. The normalized spacial score (nSPS) is 12.7. The highest BCUT2D eigenvalue weighted by Gasteiger charge is 2.19. The van der Waals surface area contributed by atoms with Crippen molar-refractivity contribution in [2.75, 3.05) is 13.2 Å². The van der Waals surface area contributed by atoms with Crippen LogP contribution in [0.5, 0.6) is 0 Å². The molecule has 0 bridgehead atoms. The van der Waals surface area contributed by atoms with Gasteiger partial charge in [0.15, 0.2) is 6.10 Å². The summed E-state index contributed by atoms with van der Waals surface area (Å²) in [5, 5.41) is 0. The fourth-order valence-electron chi connectivity index (χ4n) is 9.61. The van der Waals surface area contributed by atoms with E-state index in [1.54, 1.807) is 0 Å². The van der Waals surface area contributed by atoms with Gasteiger partial charge < -0.3 is 14.2 Å². The molecule has 0 aliphatic carbocycles. The summed E-state index contributed by atoms with van der Waals surface area (Å²) in [6.07, 6.45) is 91.2. The van der Waals surface area contributed by atoms with Gasteiger partial charge in [-0.25, -0.2) is 0 Å². The van der Waals surface area contributed by atoms with Gasteiger partial charge in [-0.1, -0.05) is 285 Å². The molecule has 80 heavy (non-hydrogen) atoms. The lowest BCUT2D eigenvalue weighted by Gasteiger charge is -2.18. The van der Waals surface area contributed by atoms with Crippen molar-refractivity contribution in [3.05, 3.63) is 97.2 Å². The topological polar surface area (TPSA) is 78.9 Å². The first-order valence-corrected chi connectivity index (χ1v) is 34.2. The van der Waals surface area contributed by atoms with Gasteiger partial charge in [0.1, 0.15) is 13.2 Å². The van der Waals surface area contributed by atoms with Crippen LogP contribution in [0.3, 0.4) is 0 Å². The quantitative estimate of drug-likeness (QED) is 0.0261. The number of carbonyl (C=O) groups excluding carboxylic acids is 3. The molecule has 0 spiro atoms. The molecule has 460 valence electrons. The molecule has 0 aliphatic heterocycles. The van der Waals surface area contributed by atoms with E-state index in [9.17, 15) is 14.4 Å². The van der Waals surface area contributed by atoms with Crippen LogP contribution in [0.4, 0.5) is 0 Å². The van der Waals surface area contributed by atoms with Crippen LogP contribution in [0.15, 0.2) is 97.2 Å². The molecule has 1 unspecified atom stereocenters. The van der Waals surface area contributed by atoms with Crippen molar-refractivity contribution < 1.29 is 28.6 Å². The molecule has 6 nitrogen and oxygen atoms in total. The third-order valence-electron chi connectivity index (χ3n) is 14.8. The Morgan fingerprint density at radius 3 is 0.738 bits per heavy atom. The van der Waals surface area contributed by atoms with Gasteiger partial charge in [-0.15, -0.1) is 0 Å². The Hall–Kier alpha value is -3.67. The van der Waals surface area contributed by atoms with E-state index in [1.165, 1.54) is 186 Å². The van der Waals surface area contributed by atoms with Crippen LogP contribution in [0.25, 0.3) is 0 Å². The summed E-state index contributed by atoms with van der Waals surface area (Å²) in [5.41, 5.74) is 0. The van der Waals surface area contributed by atoms with Gasteiger partial charge in [-0.3, -0.25) is 14.4 Å². The highest BCUT2D eigenvalue weighted by Crippen LogP contribution is 2.16. The van der Waals surface area contributed by atoms with Crippen molar-refractivity contribution in [2.45, 2.75) is 341 Å². The standard InChI is InChI=1S/C74H128O6/c1-4-7-10-13-16-19-22-25-28-31-34-35-36-37-38-39-41-43-46-49-52-55-58-61-64-67-73(76)79-70-71(69-78-72(75)66-63-60-57-54-51-48-45-42-33-30-27-24-21-18-15-12-9-6-3)80-74(77)68-65-62-59-56-53-50-47-44-40-32-29-26-23-20-17-14-11-8-5-2/h17,20-22,24-26,29-31,33-34,36-37,40,44,71H,4-16,18-19,23,27-28,32,35,38-39,41-43,45-70H2,1-3H3/b20-17-,24-21-,25-22-,29-26-,33-30-,34-31-,37-36-,44-40-. The molecule has 0 radical (unpaired) electrons. The first kappa shape index (κ1) is 76.3. The zero-order valence-corrected chi connectivity index (χ0v) is 52.8. The van der Waals surface area contributed by atoms with Crippen LogP contribution in [0.2, 0.25) is 0 Å². The molecule has 6 heteroatoms. The lowest BCUT2D eigenvalue weighted by atomic mass is 10.1. The van der Waals surface area contributed by atoms with Crippen LogP contribution in [0.1, 0.15) is 335 Å². The molecule has 0 amide bonds. The van der Waals surface area contributed by atoms with Gasteiger partial charge >= 0.3 is 17.9 Å². The molecule has 1 atom stereocenters. The van der Waals surface area contributed by atoms with Gasteiger partial charge in [0, 0.05) is 19.3 Å². The maximum absolute atomic E-state index is 12.9. The molecular weight excluding hydrogens is 985 g/mol. The summed E-state index contributed by atoms with van der Waals surface area (Å²) in [6, 6.07) is 0. The van der Waals surface area contributed by atoms with Crippen molar-refractivity contribution in [1.82, 2.24) is 0 Å². The minimum atomic E-state index is -0.793. The zero-order valence-electron chi connectivity index (χ0n) is 52.8. The van der Waals surface area contributed by atoms with Crippen LogP contribution in [-0.2, 0) is 28.6 Å². The Bertz CT molecular complexity index is 1560. The van der Waals surface area contributed by atoms with Crippen LogP contribution in [-0.4, -0.2) is 37.2 Å². The lowest BCUT2D eigenvalue weighted by Crippen LogP contribution is -2.30. The van der Waals surface area contributed by atoms with E-state index in [1.807, 2.05) is 0 Å². The number of hydrogen-bond acceptors (Lipinski definition) is 6. The molecule has 0 heterocycles. The summed E-state index contributed by atoms with van der Waals surface area (Å²) < 4.78 is 17.0. The second-order valence-corrected chi connectivity index (χ2v) is 22.7. The maximum atomic E-state index is 12.9. The van der Waals surface area contributed by atoms with Crippen molar-refractivity contribution in [1.29, 1.82) is 0 Å². The van der Waals surface area contributed by atoms with Crippen molar-refractivity contribution >= 4 is 17.9 Å². The molecule has 0 aliphatic rings. The molecule has 0 rings (SSSR count). The smallest absolute Gasteiger partial charge is 0.306 e. The summed E-state index contributed by atoms with van der Waals surface area (Å²) >= 11 is 0. The van der Waals surface area contributed by atoms with Crippen LogP contribution in [0, 0.1) is 0 Å². The monoisotopic (exact) mass is 1110 g/mol. The third kappa shape index (κ3) is 65.1. The number of rotatable bonds is 62. The molecule has 0 saturated heterocycles. The number of esters is 3. The van der Waals surface area contributed by atoms with E-state index in [2.05, 4.69) is 118 Å². The number of carbonyl (C=O) groups is 3. The largest absolute Gasteiger partial charge is 0.462 e. The van der Waals surface area contributed by atoms with E-state index < -0.39 is 6.10 Å². The van der Waals surface area contributed by atoms with Gasteiger partial charge in [0.25, 0.3) is 0 Å². The van der Waals surface area contributed by atoms with E-state index >= 15 is 0 Å². The minimum Gasteiger partial charge on any atom is -0.462 e. The van der Waals surface area contributed by atoms with E-state index in [4.69, 9.17) is 14.2 Å². The molecule has 0 saturated carbocycles. The first-order valence-electron chi connectivity index (χ1n) is 34.2. The fourth-order valence-corrected chi connectivity index (χ4v) is 9.61. The highest BCUT2D eigenvalue weighted by atomic mass is 16.6. The Morgan fingerprint density at radius 1 is 0.250 bits per heavy atom. The second-order valence-electron chi connectivity index (χ2n) is 22.7. The SMILES string of the molecule is CCCCC/C=C\C/C=C\C/C=C\CCCCCCCCC(=O)OC(COC(=O)CCCCCCCCC/C=C\C/C=C\CCCCCC)COC(=O)CCCCCCCCCCCC/C=C\C/C=C\C/C=C\CCCCCCC. The van der Waals surface area contributed by atoms with Crippen LogP contribution < -0.4 is 0 Å². The molecule has 0 aromatic heterocycles. The summed E-state index contributed by atoms with van der Waals surface area (Å²) in [7, 11) is 0. The maximum Gasteiger partial charge on any atom is 0.306 e. The first-order chi connectivity index (χ1) is 39.5. The summed E-state index contributed by atoms with van der Waals surface area (Å²) in [6.45, 7) is 6.60. The molecule has 0 N–H and O–H groups in total. The number of allylic oxidation sites excluding steroid dienone is 16. The van der Waals surface area contributed by atoms with Gasteiger partial charge in [0.2, 0.25) is 0 Å². The Labute approximate surface area is 496 Å². The Morgan fingerprint density at radius 2 is 0.450 bits per heavy atom. The van der Waals surface area contributed by atoms with Gasteiger partial charge in [-0.05, 0) is 128 Å². The van der Waals surface area contributed by atoms with Crippen molar-refractivity contribution in [2.24, 2.45) is 0 Å². The summed E-state index contributed by atoms with van der Waals surface area (Å²) in [4.78, 5) is 38.4. The second kappa shape index (κ2) is 67.8. The molecule has 0 fully saturated rings. The Balaban J connectivity index is 4.40. The van der Waals surface area contributed by atoms with E-state index in [0.717, 1.165) is 109 Å². The summed E-state index contributed by atoms with van der Waals surface area (Å²) in [5.74, 6) is -0.898. The van der Waals surface area contributed by atoms with Crippen LogP contribution >= 0.6 is 0 Å². The number of ether oxygens (including phenoxy) is 3. The minimum absolute atomic E-state index is 0.0871. The van der Waals surface area contributed by atoms with Gasteiger partial charge in [-0.2, -0.15) is 0 Å². The van der Waals surface area contributed by atoms with Crippen molar-refractivity contribution in [3.8, 4) is 0 Å². The van der Waals surface area contributed by atoms with E-state index in [-0.39, 0.29) is 31.1 Å². The molecule has 0 aromatic rings. The number of hydrogen-bond donors (Lipinski definition) is 0. The molecular formula is C74H128O6. The lowest BCUT2D eigenvalue weighted by molar-refractivity contribution is -0.167. The van der Waals surface area contributed by atoms with Gasteiger partial charge in [0.05, 0.1) is 0 Å². The zero-order chi connectivity index (χ0) is 57.8. The van der Waals surface area contributed by atoms with E-state index in [0.29, 0.717) is 19.3 Å². The highest BCUT2D eigenvalue weighted by molar-refractivity contribution is 5.71. The number of unbranched alkanes of at least 4 members (excludes halogenated alkanes) is 35. The molecule has 0 aromatic carbocycles. The third-order valence-corrected chi connectivity index (χ3v) is 14.8. The fraction of sp³-hybridized carbons (Fsp3) is 0.743. The predicted molar refractivity (Wildman–Crippen MR) is 348 cm³/mol. The Kier molecular flexibility index (Phi) is 64.7.